The van der Waals surface area contributed by atoms with Crippen LogP contribution in [0.1, 0.15) is 30.5 Å². The molecule has 5 rings (SSSR count). The number of nitrogens with zero attached hydrogens (tertiary/aromatic N) is 1. The fourth-order valence-electron chi connectivity index (χ4n) is 4.79. The number of benzene rings is 3. The first-order valence-corrected chi connectivity index (χ1v) is 13.1. The molecule has 0 spiro atoms. The molecule has 0 unspecified atom stereocenters. The molecule has 0 saturated carbocycles. The van der Waals surface area contributed by atoms with Crippen molar-refractivity contribution in [2.24, 2.45) is 5.92 Å². The van der Waals surface area contributed by atoms with Crippen molar-refractivity contribution in [1.82, 2.24) is 0 Å². The van der Waals surface area contributed by atoms with Crippen molar-refractivity contribution in [2.45, 2.75) is 57.9 Å². The van der Waals surface area contributed by atoms with E-state index in [9.17, 15) is 4.79 Å². The molecule has 0 bridgehead atoms. The lowest BCUT2D eigenvalue weighted by Crippen LogP contribution is -2.40. The van der Waals surface area contributed by atoms with Crippen molar-refractivity contribution in [3.05, 3.63) is 114 Å². The second-order valence-electron chi connectivity index (χ2n) is 10.0. The number of fused-ring (bicyclic) bond motifs is 1. The molecule has 0 aromatic heterocycles. The highest BCUT2D eigenvalue weighted by Crippen LogP contribution is 2.36. The number of anilines is 1. The molecule has 3 aromatic rings. The largest absolute Gasteiger partial charge is 0.368 e. The summed E-state index contributed by atoms with van der Waals surface area (Å²) in [7, 11) is 0. The van der Waals surface area contributed by atoms with E-state index in [1.165, 1.54) is 5.56 Å². The number of allylic oxidation sites excluding steroid dienone is 1. The van der Waals surface area contributed by atoms with Crippen molar-refractivity contribution >= 4 is 11.6 Å². The topological polar surface area (TPSA) is 51.3 Å². The number of rotatable bonds is 11. The minimum atomic E-state index is -0.540. The second-order valence-corrected chi connectivity index (χ2v) is 10.0. The summed E-state index contributed by atoms with van der Waals surface area (Å²) in [5, 5.41) is 0. The van der Waals surface area contributed by atoms with Gasteiger partial charge in [0.05, 0.1) is 13.2 Å². The summed E-state index contributed by atoms with van der Waals surface area (Å²) in [5.74, 6) is 0.356. The zero-order valence-corrected chi connectivity index (χ0v) is 21.5. The van der Waals surface area contributed by atoms with E-state index in [2.05, 4.69) is 32.1 Å². The molecular formula is C32H35NO4. The molecule has 192 valence electrons. The fourth-order valence-corrected chi connectivity index (χ4v) is 4.79. The van der Waals surface area contributed by atoms with E-state index in [1.54, 1.807) is 0 Å². The minimum Gasteiger partial charge on any atom is -0.368 e. The van der Waals surface area contributed by atoms with Gasteiger partial charge in [0.2, 0.25) is 0 Å². The average Bonchev–Trinajstić information content (AvgIpc) is 3.60. The number of carbonyl (C=O) groups excluding carboxylic acids is 1. The molecule has 0 N–H and O–H groups in total. The second kappa shape index (κ2) is 11.9. The van der Waals surface area contributed by atoms with Gasteiger partial charge in [-0.1, -0.05) is 105 Å². The summed E-state index contributed by atoms with van der Waals surface area (Å²) >= 11 is 0. The van der Waals surface area contributed by atoms with Crippen LogP contribution in [0.3, 0.4) is 0 Å². The molecule has 5 heteroatoms. The number of para-hydroxylation sites is 1. The van der Waals surface area contributed by atoms with Crippen LogP contribution in [0.2, 0.25) is 0 Å². The SMILES string of the molecule is CC(C)/C=C/[C@@H](OCc1ccccc1)[C@H](OCc1ccccc1)[C@H]1O[C@@H]1C(=O)N1CCc2ccccc21. The van der Waals surface area contributed by atoms with Gasteiger partial charge in [0.15, 0.2) is 6.10 Å². The summed E-state index contributed by atoms with van der Waals surface area (Å²) in [6.07, 6.45) is 3.37. The number of ether oxygens (including phenoxy) is 3. The number of epoxide rings is 1. The molecule has 2 aliphatic rings. The number of amides is 1. The van der Waals surface area contributed by atoms with Gasteiger partial charge in [-0.25, -0.2) is 0 Å². The third kappa shape index (κ3) is 6.37. The van der Waals surface area contributed by atoms with Gasteiger partial charge >= 0.3 is 0 Å². The molecule has 1 saturated heterocycles. The van der Waals surface area contributed by atoms with Crippen LogP contribution in [0.15, 0.2) is 97.1 Å². The zero-order valence-electron chi connectivity index (χ0n) is 21.5. The highest BCUT2D eigenvalue weighted by atomic mass is 16.6. The first-order chi connectivity index (χ1) is 18.1. The normalized spacial score (nSPS) is 20.2. The lowest BCUT2D eigenvalue weighted by atomic mass is 10.0. The Hall–Kier alpha value is -3.25. The van der Waals surface area contributed by atoms with Crippen LogP contribution in [-0.2, 0) is 38.6 Å². The van der Waals surface area contributed by atoms with E-state index in [0.717, 1.165) is 23.2 Å². The van der Waals surface area contributed by atoms with E-state index in [0.29, 0.717) is 25.7 Å². The highest BCUT2D eigenvalue weighted by molar-refractivity contribution is 6.00. The predicted octanol–water partition coefficient (Wildman–Crippen LogP) is 5.73. The van der Waals surface area contributed by atoms with Gasteiger partial charge in [-0.05, 0) is 35.1 Å². The monoisotopic (exact) mass is 497 g/mol. The molecule has 0 radical (unpaired) electrons. The number of carbonyl (C=O) groups is 1. The Morgan fingerprint density at radius 2 is 1.51 bits per heavy atom. The smallest absolute Gasteiger partial charge is 0.258 e. The summed E-state index contributed by atoms with van der Waals surface area (Å²) in [6, 6.07) is 28.3. The van der Waals surface area contributed by atoms with E-state index < -0.39 is 12.2 Å². The maximum absolute atomic E-state index is 13.5. The van der Waals surface area contributed by atoms with Crippen LogP contribution in [0.4, 0.5) is 5.69 Å². The van der Waals surface area contributed by atoms with Gasteiger partial charge < -0.3 is 19.1 Å². The van der Waals surface area contributed by atoms with Gasteiger partial charge in [0.25, 0.3) is 5.91 Å². The van der Waals surface area contributed by atoms with E-state index in [-0.39, 0.29) is 18.1 Å². The molecule has 1 fully saturated rings. The molecular weight excluding hydrogens is 462 g/mol. The van der Waals surface area contributed by atoms with Gasteiger partial charge in [0.1, 0.15) is 18.3 Å². The lowest BCUT2D eigenvalue weighted by molar-refractivity contribution is -0.119. The average molecular weight is 498 g/mol. The van der Waals surface area contributed by atoms with E-state index >= 15 is 0 Å². The summed E-state index contributed by atoms with van der Waals surface area (Å²) in [6.45, 7) is 5.82. The zero-order chi connectivity index (χ0) is 25.6. The van der Waals surface area contributed by atoms with Crippen LogP contribution in [0.25, 0.3) is 0 Å². The van der Waals surface area contributed by atoms with Gasteiger partial charge in [-0.2, -0.15) is 0 Å². The molecule has 4 atom stereocenters. The summed E-state index contributed by atoms with van der Waals surface area (Å²) in [5.41, 5.74) is 4.35. The first-order valence-electron chi connectivity index (χ1n) is 13.1. The standard InChI is InChI=1S/C32H35NO4/c1-23(2)17-18-28(35-21-24-11-5-3-6-12-24)29(36-22-25-13-7-4-8-14-25)30-31(37-30)32(34)33-20-19-26-15-9-10-16-27(26)33/h3-18,23,28-31H,19-22H2,1-2H3/b18-17+/t28-,29+,30-,31+/m1/s1. The molecule has 2 heterocycles. The van der Waals surface area contributed by atoms with Crippen LogP contribution in [0.5, 0.6) is 0 Å². The minimum absolute atomic E-state index is 0.00194. The maximum atomic E-state index is 13.5. The molecule has 0 aliphatic carbocycles. The van der Waals surface area contributed by atoms with Crippen molar-refractivity contribution in [1.29, 1.82) is 0 Å². The Kier molecular flexibility index (Phi) is 8.15. The van der Waals surface area contributed by atoms with E-state index in [4.69, 9.17) is 14.2 Å². The van der Waals surface area contributed by atoms with Crippen LogP contribution >= 0.6 is 0 Å². The predicted molar refractivity (Wildman–Crippen MR) is 145 cm³/mol. The van der Waals surface area contributed by atoms with Gasteiger partial charge in [-0.15, -0.1) is 0 Å². The van der Waals surface area contributed by atoms with E-state index in [1.807, 2.05) is 83.8 Å². The van der Waals surface area contributed by atoms with Crippen LogP contribution in [0, 0.1) is 5.92 Å². The molecule has 2 aliphatic heterocycles. The Morgan fingerprint density at radius 1 is 0.892 bits per heavy atom. The van der Waals surface area contributed by atoms with Crippen molar-refractivity contribution < 1.29 is 19.0 Å². The summed E-state index contributed by atoms with van der Waals surface area (Å²) in [4.78, 5) is 15.4. The Labute approximate surface area is 219 Å². The molecule has 5 nitrogen and oxygen atoms in total. The molecule has 1 amide bonds. The molecule has 37 heavy (non-hydrogen) atoms. The fraction of sp³-hybridized carbons (Fsp3) is 0.344. The van der Waals surface area contributed by atoms with Crippen LogP contribution in [-0.4, -0.2) is 36.9 Å². The number of hydrogen-bond donors (Lipinski definition) is 0. The Balaban J connectivity index is 1.35. The first kappa shape index (κ1) is 25.4. The number of hydrogen-bond acceptors (Lipinski definition) is 4. The van der Waals surface area contributed by atoms with Crippen molar-refractivity contribution in [3.63, 3.8) is 0 Å². The molecule has 3 aromatic carbocycles. The lowest BCUT2D eigenvalue weighted by Gasteiger charge is -2.25. The van der Waals surface area contributed by atoms with Crippen LogP contribution < -0.4 is 4.90 Å². The van der Waals surface area contributed by atoms with Gasteiger partial charge in [-0.3, -0.25) is 4.79 Å². The third-order valence-electron chi connectivity index (χ3n) is 6.83. The summed E-state index contributed by atoms with van der Waals surface area (Å²) < 4.78 is 19.0. The van der Waals surface area contributed by atoms with Crippen molar-refractivity contribution in [3.8, 4) is 0 Å². The third-order valence-corrected chi connectivity index (χ3v) is 6.83. The highest BCUT2D eigenvalue weighted by Gasteiger charge is 2.54. The van der Waals surface area contributed by atoms with Gasteiger partial charge in [0, 0.05) is 12.2 Å². The Morgan fingerprint density at radius 3 is 2.19 bits per heavy atom. The quantitative estimate of drug-likeness (QED) is 0.251. The Bertz CT molecular complexity index is 1190. The van der Waals surface area contributed by atoms with Crippen molar-refractivity contribution in [2.75, 3.05) is 11.4 Å². The maximum Gasteiger partial charge on any atom is 0.258 e.